The van der Waals surface area contributed by atoms with Gasteiger partial charge in [-0.3, -0.25) is 14.9 Å². The van der Waals surface area contributed by atoms with E-state index in [4.69, 9.17) is 0 Å². The van der Waals surface area contributed by atoms with Crippen LogP contribution in [0.5, 0.6) is 0 Å². The van der Waals surface area contributed by atoms with Gasteiger partial charge in [-0.15, -0.1) is 0 Å². The van der Waals surface area contributed by atoms with Crippen LogP contribution in [-0.2, 0) is 9.59 Å². The van der Waals surface area contributed by atoms with Crippen molar-refractivity contribution >= 4 is 18.0 Å². The molecular formula is C19H24N2O5. The third-order valence-electron chi connectivity index (χ3n) is 5.02. The Morgan fingerprint density at radius 1 is 1.19 bits per heavy atom. The molecule has 1 aromatic rings. The van der Waals surface area contributed by atoms with Gasteiger partial charge in [-0.25, -0.2) is 4.79 Å². The Bertz CT molecular complexity index is 710. The van der Waals surface area contributed by atoms with E-state index in [0.717, 1.165) is 32.1 Å². The predicted octanol–water partition coefficient (Wildman–Crippen LogP) is 3.49. The number of carbonyl (C=O) groups is 2. The number of rotatable bonds is 4. The molecule has 7 heteroatoms. The molecule has 7 nitrogen and oxygen atoms in total. The van der Waals surface area contributed by atoms with Crippen LogP contribution in [0.2, 0.25) is 0 Å². The highest BCUT2D eigenvalue weighted by Gasteiger charge is 2.47. The molecule has 1 N–H and O–H groups in total. The molecule has 1 heterocycles. The third-order valence-corrected chi connectivity index (χ3v) is 5.02. The van der Waals surface area contributed by atoms with Crippen LogP contribution >= 0.6 is 0 Å². The van der Waals surface area contributed by atoms with Gasteiger partial charge in [0.05, 0.1) is 0 Å². The summed E-state index contributed by atoms with van der Waals surface area (Å²) in [5.74, 6) is -1.96. The van der Waals surface area contributed by atoms with Crippen molar-refractivity contribution in [3.8, 4) is 0 Å². The smallest absolute Gasteiger partial charge is 0.381 e. The zero-order chi connectivity index (χ0) is 18.0. The van der Waals surface area contributed by atoms with E-state index in [1.54, 1.807) is 30.3 Å². The summed E-state index contributed by atoms with van der Waals surface area (Å²) in [5.41, 5.74) is 1.20. The Hall–Kier alpha value is -2.70. The molecule has 1 saturated carbocycles. The number of benzene rings is 1. The van der Waals surface area contributed by atoms with Gasteiger partial charge in [0.2, 0.25) is 5.91 Å². The number of hydrogen-bond donors (Lipinski definition) is 1. The molecule has 2 atom stereocenters. The number of fused-ring (bicyclic) bond motifs is 1. The minimum Gasteiger partial charge on any atom is -0.476 e. The monoisotopic (exact) mass is 360 g/mol. The zero-order valence-corrected chi connectivity index (χ0v) is 13.7. The second-order valence-electron chi connectivity index (χ2n) is 6.54. The van der Waals surface area contributed by atoms with Crippen LogP contribution in [-0.4, -0.2) is 32.8 Å². The first-order valence-electron chi connectivity index (χ1n) is 8.46. The van der Waals surface area contributed by atoms with Crippen LogP contribution in [0.25, 0.3) is 6.08 Å². The van der Waals surface area contributed by atoms with Crippen molar-refractivity contribution in [2.75, 3.05) is 0 Å². The molecule has 1 fully saturated rings. The number of carboxylic acid groups (broad SMARTS) is 1. The highest BCUT2D eigenvalue weighted by Crippen LogP contribution is 2.37. The van der Waals surface area contributed by atoms with E-state index in [0.29, 0.717) is 11.1 Å². The Balaban J connectivity index is 0.00000243. The van der Waals surface area contributed by atoms with E-state index >= 15 is 0 Å². The van der Waals surface area contributed by atoms with Crippen molar-refractivity contribution < 1.29 is 19.6 Å². The van der Waals surface area contributed by atoms with Crippen LogP contribution < -0.4 is 0 Å². The summed E-state index contributed by atoms with van der Waals surface area (Å²) in [6.07, 6.45) is 7.69. The highest BCUT2D eigenvalue weighted by molar-refractivity contribution is 5.84. The van der Waals surface area contributed by atoms with Crippen molar-refractivity contribution in [3.63, 3.8) is 0 Å². The molecule has 26 heavy (non-hydrogen) atoms. The zero-order valence-electron chi connectivity index (χ0n) is 13.7. The van der Waals surface area contributed by atoms with Crippen LogP contribution in [0.1, 0.15) is 56.7 Å². The fraction of sp³-hybridized carbons (Fsp3) is 0.474. The predicted molar refractivity (Wildman–Crippen MR) is 96.8 cm³/mol. The normalized spacial score (nSPS) is 20.6. The van der Waals surface area contributed by atoms with Crippen LogP contribution in [0.4, 0.5) is 0 Å². The molecule has 140 valence electrons. The van der Waals surface area contributed by atoms with Gasteiger partial charge in [-0.1, -0.05) is 51.0 Å². The third kappa shape index (κ3) is 3.61. The molecule has 1 aliphatic carbocycles. The second kappa shape index (κ2) is 8.12. The lowest BCUT2D eigenvalue weighted by atomic mass is 9.85. The topological polar surface area (TPSA) is 101 Å². The van der Waals surface area contributed by atoms with E-state index in [2.05, 4.69) is 0 Å². The molecule has 0 radical (unpaired) electrons. The first-order valence-corrected chi connectivity index (χ1v) is 8.46. The van der Waals surface area contributed by atoms with E-state index in [1.807, 2.05) is 0 Å². The lowest BCUT2D eigenvalue weighted by Crippen LogP contribution is -2.48. The van der Waals surface area contributed by atoms with E-state index in [-0.39, 0.29) is 19.3 Å². The standard InChI is InChI=1S/C18H20N2O5.CH4/c21-17(13-7-2-1-3-8-13)19-11-10-12-6-4-5-9-14(12)15(19)16(18(22)23)20(24)25;/h4-6,9-11,13,15-16H,1-3,7-8H2,(H,22,23);1H4. The maximum absolute atomic E-state index is 13.0. The Morgan fingerprint density at radius 3 is 2.46 bits per heavy atom. The Morgan fingerprint density at radius 2 is 1.85 bits per heavy atom. The fourth-order valence-corrected chi connectivity index (χ4v) is 3.77. The van der Waals surface area contributed by atoms with Gasteiger partial charge in [0.25, 0.3) is 0 Å². The fourth-order valence-electron chi connectivity index (χ4n) is 3.77. The molecule has 1 amide bonds. The van der Waals surface area contributed by atoms with Gasteiger partial charge in [-0.05, 0) is 30.0 Å². The van der Waals surface area contributed by atoms with E-state index in [9.17, 15) is 24.8 Å². The maximum atomic E-state index is 13.0. The quantitative estimate of drug-likeness (QED) is 0.654. The maximum Gasteiger partial charge on any atom is 0.381 e. The average Bonchev–Trinajstić information content (AvgIpc) is 2.61. The summed E-state index contributed by atoms with van der Waals surface area (Å²) in [5, 5.41) is 20.9. The average molecular weight is 360 g/mol. The molecule has 0 saturated heterocycles. The minimum absolute atomic E-state index is 0. The van der Waals surface area contributed by atoms with Gasteiger partial charge in [0.1, 0.15) is 6.04 Å². The molecule has 1 aliphatic heterocycles. The summed E-state index contributed by atoms with van der Waals surface area (Å²) in [4.78, 5) is 36.5. The molecule has 2 unspecified atom stereocenters. The lowest BCUT2D eigenvalue weighted by molar-refractivity contribution is -0.517. The summed E-state index contributed by atoms with van der Waals surface area (Å²) < 4.78 is 0. The van der Waals surface area contributed by atoms with Crippen molar-refractivity contribution in [1.82, 2.24) is 4.90 Å². The van der Waals surface area contributed by atoms with E-state index < -0.39 is 23.0 Å². The first-order chi connectivity index (χ1) is 12.0. The lowest BCUT2D eigenvalue weighted by Gasteiger charge is -2.36. The molecule has 0 bridgehead atoms. The van der Waals surface area contributed by atoms with Gasteiger partial charge in [-0.2, -0.15) is 0 Å². The summed E-state index contributed by atoms with van der Waals surface area (Å²) in [7, 11) is 0. The highest BCUT2D eigenvalue weighted by atomic mass is 16.6. The first kappa shape index (κ1) is 19.6. The second-order valence-corrected chi connectivity index (χ2v) is 6.54. The van der Waals surface area contributed by atoms with Crippen molar-refractivity contribution in [2.24, 2.45) is 5.92 Å². The number of amides is 1. The molecule has 2 aliphatic rings. The molecule has 1 aromatic carbocycles. The number of nitrogens with zero attached hydrogens (tertiary/aromatic N) is 2. The minimum atomic E-state index is -1.90. The number of hydrogen-bond acceptors (Lipinski definition) is 4. The van der Waals surface area contributed by atoms with Crippen molar-refractivity contribution in [1.29, 1.82) is 0 Å². The molecule has 3 rings (SSSR count). The van der Waals surface area contributed by atoms with Gasteiger partial charge < -0.3 is 10.0 Å². The number of nitro groups is 1. The Labute approximate surface area is 152 Å². The van der Waals surface area contributed by atoms with Crippen LogP contribution in [0.3, 0.4) is 0 Å². The number of aliphatic carboxylic acids is 1. The van der Waals surface area contributed by atoms with Crippen molar-refractivity contribution in [2.45, 2.75) is 51.6 Å². The summed E-state index contributed by atoms with van der Waals surface area (Å²) in [6, 6.07) is 3.86. The largest absolute Gasteiger partial charge is 0.476 e. The number of carboxylic acids is 1. The van der Waals surface area contributed by atoms with Gasteiger partial charge >= 0.3 is 12.0 Å². The number of carbonyl (C=O) groups excluding carboxylic acids is 1. The van der Waals surface area contributed by atoms with Crippen LogP contribution in [0, 0.1) is 16.0 Å². The molecule has 0 aromatic heterocycles. The van der Waals surface area contributed by atoms with E-state index in [1.165, 1.54) is 11.1 Å². The van der Waals surface area contributed by atoms with Gasteiger partial charge in [0.15, 0.2) is 0 Å². The van der Waals surface area contributed by atoms with Crippen molar-refractivity contribution in [3.05, 3.63) is 51.7 Å². The summed E-state index contributed by atoms with van der Waals surface area (Å²) >= 11 is 0. The summed E-state index contributed by atoms with van der Waals surface area (Å²) in [6.45, 7) is 0. The van der Waals surface area contributed by atoms with Gasteiger partial charge in [0, 0.05) is 17.0 Å². The SMILES string of the molecule is C.O=C(O)C(C1c2ccccc2C=CN1C(=O)C1CCCCC1)[N+](=O)[O-]. The Kier molecular flexibility index (Phi) is 6.13. The van der Waals surface area contributed by atoms with Crippen LogP contribution in [0.15, 0.2) is 30.5 Å². The molecular weight excluding hydrogens is 336 g/mol. The molecule has 0 spiro atoms.